The van der Waals surface area contributed by atoms with Gasteiger partial charge in [0, 0.05) is 23.2 Å². The van der Waals surface area contributed by atoms with Crippen molar-refractivity contribution < 1.29 is 0 Å². The third-order valence-electron chi connectivity index (χ3n) is 5.38. The molecule has 0 saturated carbocycles. The Morgan fingerprint density at radius 1 is 1.29 bits per heavy atom. The number of anilines is 1. The van der Waals surface area contributed by atoms with Gasteiger partial charge in [0.25, 0.3) is 0 Å². The SMILES string of the molecule is Cc1cnc(NCCCN2CCCC2)nc1C(C#N)=C1NC(c2ccc(Cl)cc2)=CS1. The summed E-state index contributed by atoms with van der Waals surface area (Å²) in [7, 11) is 0. The number of nitrogens with one attached hydrogen (secondary N) is 2. The summed E-state index contributed by atoms with van der Waals surface area (Å²) in [6.07, 6.45) is 5.44. The van der Waals surface area contributed by atoms with Crippen LogP contribution in [0.25, 0.3) is 11.3 Å². The summed E-state index contributed by atoms with van der Waals surface area (Å²) in [6, 6.07) is 9.95. The molecule has 0 aliphatic carbocycles. The number of nitrogens with zero attached hydrogens (tertiary/aromatic N) is 4. The van der Waals surface area contributed by atoms with E-state index in [1.807, 2.05) is 36.6 Å². The third kappa shape index (κ3) is 5.40. The molecule has 0 atom stereocenters. The van der Waals surface area contributed by atoms with E-state index in [4.69, 9.17) is 11.6 Å². The molecule has 0 unspecified atom stereocenters. The van der Waals surface area contributed by atoms with Gasteiger partial charge in [-0.15, -0.1) is 0 Å². The summed E-state index contributed by atoms with van der Waals surface area (Å²) >= 11 is 7.48. The average molecular weight is 453 g/mol. The maximum atomic E-state index is 9.90. The predicted molar refractivity (Wildman–Crippen MR) is 128 cm³/mol. The highest BCUT2D eigenvalue weighted by Gasteiger charge is 2.20. The summed E-state index contributed by atoms with van der Waals surface area (Å²) < 4.78 is 0. The number of hydrogen-bond acceptors (Lipinski definition) is 7. The molecule has 3 heterocycles. The molecule has 31 heavy (non-hydrogen) atoms. The van der Waals surface area contributed by atoms with Crippen molar-refractivity contribution in [2.75, 3.05) is 31.5 Å². The van der Waals surface area contributed by atoms with Gasteiger partial charge in [-0.25, -0.2) is 9.97 Å². The lowest BCUT2D eigenvalue weighted by molar-refractivity contribution is 0.337. The predicted octanol–water partition coefficient (Wildman–Crippen LogP) is 4.86. The van der Waals surface area contributed by atoms with E-state index in [0.717, 1.165) is 41.4 Å². The van der Waals surface area contributed by atoms with Crippen molar-refractivity contribution in [3.63, 3.8) is 0 Å². The summed E-state index contributed by atoms with van der Waals surface area (Å²) in [4.78, 5) is 11.6. The zero-order chi connectivity index (χ0) is 21.6. The van der Waals surface area contributed by atoms with Gasteiger partial charge >= 0.3 is 0 Å². The van der Waals surface area contributed by atoms with Crippen LogP contribution in [0.4, 0.5) is 5.95 Å². The lowest BCUT2D eigenvalue weighted by atomic mass is 10.1. The molecule has 4 rings (SSSR count). The summed E-state index contributed by atoms with van der Waals surface area (Å²) in [5.74, 6) is 0.559. The minimum absolute atomic E-state index is 0.519. The molecule has 160 valence electrons. The van der Waals surface area contributed by atoms with Crippen LogP contribution in [0.5, 0.6) is 0 Å². The quantitative estimate of drug-likeness (QED) is 0.458. The first-order valence-corrected chi connectivity index (χ1v) is 11.7. The third-order valence-corrected chi connectivity index (χ3v) is 6.53. The summed E-state index contributed by atoms with van der Waals surface area (Å²) in [5.41, 5.74) is 4.00. The molecular formula is C23H25ClN6S. The molecule has 0 radical (unpaired) electrons. The van der Waals surface area contributed by atoms with E-state index < -0.39 is 0 Å². The molecule has 2 aromatic rings. The molecule has 1 aromatic carbocycles. The van der Waals surface area contributed by atoms with Crippen molar-refractivity contribution in [3.05, 3.63) is 62.7 Å². The lowest BCUT2D eigenvalue weighted by Crippen LogP contribution is -2.22. The van der Waals surface area contributed by atoms with Crippen LogP contribution < -0.4 is 10.6 Å². The Balaban J connectivity index is 1.45. The van der Waals surface area contributed by atoms with Gasteiger partial charge in [0.2, 0.25) is 5.95 Å². The zero-order valence-corrected chi connectivity index (χ0v) is 19.1. The second-order valence-corrected chi connectivity index (χ2v) is 8.97. The molecular weight excluding hydrogens is 428 g/mol. The summed E-state index contributed by atoms with van der Waals surface area (Å²) in [6.45, 7) is 6.26. The lowest BCUT2D eigenvalue weighted by Gasteiger charge is -2.14. The van der Waals surface area contributed by atoms with Crippen LogP contribution in [-0.4, -0.2) is 41.0 Å². The highest BCUT2D eigenvalue weighted by Crippen LogP contribution is 2.35. The molecule has 2 aliphatic rings. The van der Waals surface area contributed by atoms with Gasteiger partial charge in [0.1, 0.15) is 11.6 Å². The second kappa shape index (κ2) is 10.2. The van der Waals surface area contributed by atoms with E-state index >= 15 is 0 Å². The minimum atomic E-state index is 0.519. The first-order valence-electron chi connectivity index (χ1n) is 10.5. The van der Waals surface area contributed by atoms with Gasteiger partial charge in [-0.3, -0.25) is 0 Å². The molecule has 1 aromatic heterocycles. The average Bonchev–Trinajstić information content (AvgIpc) is 3.47. The van der Waals surface area contributed by atoms with Crippen molar-refractivity contribution >= 4 is 40.6 Å². The van der Waals surface area contributed by atoms with Gasteiger partial charge in [0.05, 0.1) is 16.4 Å². The fourth-order valence-corrected chi connectivity index (χ4v) is 4.68. The highest BCUT2D eigenvalue weighted by molar-refractivity contribution is 8.06. The molecule has 0 amide bonds. The first kappa shape index (κ1) is 21.7. The first-order chi connectivity index (χ1) is 15.1. The van der Waals surface area contributed by atoms with Gasteiger partial charge in [-0.2, -0.15) is 5.26 Å². The number of aromatic nitrogens is 2. The minimum Gasteiger partial charge on any atom is -0.354 e. The molecule has 2 N–H and O–H groups in total. The van der Waals surface area contributed by atoms with E-state index in [1.165, 1.54) is 37.7 Å². The number of benzene rings is 1. The standard InChI is InChI=1S/C23H25ClN6S/c1-16-14-27-23(26-9-4-12-30-10-2-3-11-30)29-21(16)19(13-25)22-28-20(15-31-22)17-5-7-18(24)8-6-17/h5-8,14-15,28H,2-4,9-12H2,1H3,(H,26,27,29). The van der Waals surface area contributed by atoms with E-state index in [9.17, 15) is 5.26 Å². The van der Waals surface area contributed by atoms with Crippen LogP contribution >= 0.6 is 23.4 Å². The van der Waals surface area contributed by atoms with E-state index in [-0.39, 0.29) is 0 Å². The number of likely N-dealkylation sites (tertiary alicyclic amines) is 1. The molecule has 0 bridgehead atoms. The number of aryl methyl sites for hydroxylation is 1. The Morgan fingerprint density at radius 3 is 2.81 bits per heavy atom. The van der Waals surface area contributed by atoms with Gasteiger partial charge in [-0.1, -0.05) is 35.5 Å². The monoisotopic (exact) mass is 452 g/mol. The second-order valence-electron chi connectivity index (χ2n) is 7.65. The van der Waals surface area contributed by atoms with Gasteiger partial charge in [-0.05, 0) is 69.1 Å². The molecule has 0 spiro atoms. The molecule has 2 aliphatic heterocycles. The van der Waals surface area contributed by atoms with E-state index in [2.05, 4.69) is 31.6 Å². The normalized spacial score (nSPS) is 17.8. The number of hydrogen-bond donors (Lipinski definition) is 2. The van der Waals surface area contributed by atoms with Crippen LogP contribution in [0, 0.1) is 18.3 Å². The molecule has 6 nitrogen and oxygen atoms in total. The number of thioether (sulfide) groups is 1. The van der Waals surface area contributed by atoms with Gasteiger partial charge < -0.3 is 15.5 Å². The van der Waals surface area contributed by atoms with Crippen LogP contribution in [0.1, 0.15) is 36.1 Å². The van der Waals surface area contributed by atoms with Crippen molar-refractivity contribution in [1.29, 1.82) is 5.26 Å². The number of halogens is 1. The molecule has 8 heteroatoms. The Kier molecular flexibility index (Phi) is 7.13. The fraction of sp³-hybridized carbons (Fsp3) is 0.348. The largest absolute Gasteiger partial charge is 0.354 e. The van der Waals surface area contributed by atoms with Crippen molar-refractivity contribution in [3.8, 4) is 6.07 Å². The van der Waals surface area contributed by atoms with Crippen LogP contribution in [0.2, 0.25) is 5.02 Å². The number of nitriles is 1. The van der Waals surface area contributed by atoms with Gasteiger partial charge in [0.15, 0.2) is 0 Å². The Labute approximate surface area is 192 Å². The smallest absolute Gasteiger partial charge is 0.223 e. The van der Waals surface area contributed by atoms with Crippen molar-refractivity contribution in [1.82, 2.24) is 20.2 Å². The van der Waals surface area contributed by atoms with E-state index in [1.54, 1.807) is 6.20 Å². The fourth-order valence-electron chi connectivity index (χ4n) is 3.69. The zero-order valence-electron chi connectivity index (χ0n) is 17.5. The van der Waals surface area contributed by atoms with Crippen molar-refractivity contribution in [2.45, 2.75) is 26.2 Å². The molecule has 1 fully saturated rings. The Hall–Kier alpha value is -2.53. The van der Waals surface area contributed by atoms with Crippen LogP contribution in [0.15, 0.2) is 40.9 Å². The Bertz CT molecular complexity index is 1040. The highest BCUT2D eigenvalue weighted by atomic mass is 35.5. The topological polar surface area (TPSA) is 76.9 Å². The Morgan fingerprint density at radius 2 is 2.06 bits per heavy atom. The maximum Gasteiger partial charge on any atom is 0.223 e. The van der Waals surface area contributed by atoms with E-state index in [0.29, 0.717) is 22.2 Å². The maximum absolute atomic E-state index is 9.90. The molecule has 1 saturated heterocycles. The number of allylic oxidation sites excluding steroid dienone is 1. The van der Waals surface area contributed by atoms with Crippen LogP contribution in [-0.2, 0) is 0 Å². The van der Waals surface area contributed by atoms with Crippen LogP contribution in [0.3, 0.4) is 0 Å². The number of rotatable bonds is 7. The summed E-state index contributed by atoms with van der Waals surface area (Å²) in [5, 5.41) is 20.0. The van der Waals surface area contributed by atoms with Crippen molar-refractivity contribution in [2.24, 2.45) is 0 Å².